The van der Waals surface area contributed by atoms with Gasteiger partial charge in [0, 0.05) is 59.7 Å². The summed E-state index contributed by atoms with van der Waals surface area (Å²) in [5, 5.41) is 12.0. The zero-order valence-corrected chi connectivity index (χ0v) is 23.2. The van der Waals surface area contributed by atoms with Crippen LogP contribution in [0, 0.1) is 0 Å². The van der Waals surface area contributed by atoms with Crippen LogP contribution in [0.3, 0.4) is 0 Å². The highest BCUT2D eigenvalue weighted by Gasteiger charge is 2.30. The average molecular weight is 526 g/mol. The molecule has 0 radical (unpaired) electrons. The summed E-state index contributed by atoms with van der Waals surface area (Å²) in [6.45, 7) is 8.62. The molecule has 204 valence electrons. The van der Waals surface area contributed by atoms with Gasteiger partial charge >= 0.3 is 5.97 Å². The van der Waals surface area contributed by atoms with Gasteiger partial charge < -0.3 is 19.1 Å². The smallest absolute Gasteiger partial charge is 0.335 e. The Morgan fingerprint density at radius 1 is 0.974 bits per heavy atom. The molecular formula is C33H39N3O3. The number of hydrogen-bond donors (Lipinski definition) is 1. The number of Topliss-reactive ketones (excluding diaryl/α,β-unsaturated/α-hetero) is 1. The van der Waals surface area contributed by atoms with Gasteiger partial charge in [-0.25, -0.2) is 4.79 Å². The van der Waals surface area contributed by atoms with E-state index < -0.39 is 5.97 Å². The Kier molecular flexibility index (Phi) is 7.06. The third-order valence-corrected chi connectivity index (χ3v) is 9.15. The van der Waals surface area contributed by atoms with Gasteiger partial charge in [-0.05, 0) is 56.0 Å². The molecule has 1 N–H and O–H groups in total. The van der Waals surface area contributed by atoms with Crippen LogP contribution in [0.2, 0.25) is 0 Å². The second-order valence-electron chi connectivity index (χ2n) is 11.3. The molecule has 0 saturated heterocycles. The molecule has 4 aromatic rings. The highest BCUT2D eigenvalue weighted by Crippen LogP contribution is 2.47. The molecule has 2 aromatic heterocycles. The number of hydrogen-bond acceptors (Lipinski definition) is 3. The minimum Gasteiger partial charge on any atom is -0.478 e. The quantitative estimate of drug-likeness (QED) is 0.245. The van der Waals surface area contributed by atoms with E-state index in [1.54, 1.807) is 6.07 Å². The van der Waals surface area contributed by atoms with Crippen LogP contribution in [-0.4, -0.2) is 50.5 Å². The normalized spacial score (nSPS) is 16.0. The number of aromatic carboxylic acids is 1. The minimum atomic E-state index is -0.888. The maximum Gasteiger partial charge on any atom is 0.335 e. The van der Waals surface area contributed by atoms with E-state index in [2.05, 4.69) is 52.3 Å². The topological polar surface area (TPSA) is 67.5 Å². The predicted molar refractivity (Wildman–Crippen MR) is 157 cm³/mol. The van der Waals surface area contributed by atoms with E-state index >= 15 is 0 Å². The van der Waals surface area contributed by atoms with Crippen molar-refractivity contribution in [1.29, 1.82) is 0 Å². The van der Waals surface area contributed by atoms with Gasteiger partial charge in [-0.3, -0.25) is 4.79 Å². The van der Waals surface area contributed by atoms with E-state index in [1.165, 1.54) is 54.3 Å². The van der Waals surface area contributed by atoms with Crippen LogP contribution in [0.25, 0.3) is 33.1 Å². The van der Waals surface area contributed by atoms with Gasteiger partial charge in [0.05, 0.1) is 16.8 Å². The third-order valence-electron chi connectivity index (χ3n) is 9.15. The number of aryl methyl sites for hydroxylation is 2. The first-order valence-corrected chi connectivity index (χ1v) is 14.8. The number of carbonyl (C=O) groups excluding carboxylic acids is 1. The Morgan fingerprint density at radius 2 is 1.77 bits per heavy atom. The minimum absolute atomic E-state index is 0.209. The molecule has 0 amide bonds. The van der Waals surface area contributed by atoms with Crippen LogP contribution in [0.4, 0.5) is 0 Å². The molecule has 1 saturated carbocycles. The Bertz CT molecular complexity index is 1550. The van der Waals surface area contributed by atoms with E-state index in [0.717, 1.165) is 61.1 Å². The van der Waals surface area contributed by atoms with E-state index in [4.69, 9.17) is 0 Å². The van der Waals surface area contributed by atoms with Crippen LogP contribution >= 0.6 is 0 Å². The average Bonchev–Trinajstić information content (AvgIpc) is 3.48. The first kappa shape index (κ1) is 25.9. The van der Waals surface area contributed by atoms with E-state index in [0.29, 0.717) is 17.9 Å². The zero-order chi connectivity index (χ0) is 27.1. The second kappa shape index (κ2) is 10.6. The van der Waals surface area contributed by atoms with Crippen LogP contribution in [0.5, 0.6) is 0 Å². The standard InChI is InChI=1S/C33H39N3O3/c1-3-34(4-2)19-16-29(37)27-21-35-17-9-18-36-28-20-23(33(38)39)14-15-25(28)30(22-10-6-5-7-11-22)32(36)26-13-8-12-24(27)31(26)35/h8,12-15,20-22H,3-7,9-11,16-19H2,1-2H3,(H,38,39). The number of benzene rings is 2. The van der Waals surface area contributed by atoms with E-state index in [1.807, 2.05) is 12.1 Å². The number of carbonyl (C=O) groups is 2. The summed E-state index contributed by atoms with van der Waals surface area (Å²) in [4.78, 5) is 27.7. The van der Waals surface area contributed by atoms with Crippen molar-refractivity contribution < 1.29 is 14.7 Å². The third kappa shape index (κ3) is 4.49. The van der Waals surface area contributed by atoms with Gasteiger partial charge in [-0.1, -0.05) is 57.4 Å². The number of carboxylic acid groups (broad SMARTS) is 1. The molecule has 2 aromatic carbocycles. The first-order valence-electron chi connectivity index (χ1n) is 14.8. The molecule has 0 atom stereocenters. The van der Waals surface area contributed by atoms with Gasteiger partial charge in [0.15, 0.2) is 5.78 Å². The van der Waals surface area contributed by atoms with E-state index in [9.17, 15) is 14.7 Å². The van der Waals surface area contributed by atoms with Gasteiger partial charge in [0.1, 0.15) is 0 Å². The lowest BCUT2D eigenvalue weighted by Gasteiger charge is -2.25. The lowest BCUT2D eigenvalue weighted by atomic mass is 9.81. The molecule has 39 heavy (non-hydrogen) atoms. The monoisotopic (exact) mass is 525 g/mol. The highest BCUT2D eigenvalue weighted by atomic mass is 16.4. The molecule has 0 bridgehead atoms. The zero-order valence-electron chi connectivity index (χ0n) is 23.2. The van der Waals surface area contributed by atoms with Crippen molar-refractivity contribution in [3.63, 3.8) is 0 Å². The molecule has 3 heterocycles. The summed E-state index contributed by atoms with van der Waals surface area (Å²) in [6, 6.07) is 12.1. The van der Waals surface area contributed by atoms with Crippen molar-refractivity contribution in [3.05, 3.63) is 59.3 Å². The molecule has 0 spiro atoms. The molecule has 2 aliphatic rings. The Labute approximate surface area is 230 Å². The van der Waals surface area contributed by atoms with E-state index in [-0.39, 0.29) is 5.78 Å². The number of fused-ring (bicyclic) bond motifs is 4. The molecule has 1 aliphatic heterocycles. The molecule has 6 nitrogen and oxygen atoms in total. The number of aromatic nitrogens is 2. The first-order chi connectivity index (χ1) is 19.0. The van der Waals surface area contributed by atoms with Gasteiger partial charge in [0.2, 0.25) is 0 Å². The number of carboxylic acids is 1. The summed E-state index contributed by atoms with van der Waals surface area (Å²) >= 11 is 0. The van der Waals surface area contributed by atoms with Crippen molar-refractivity contribution in [3.8, 4) is 11.3 Å². The van der Waals surface area contributed by atoms with Crippen molar-refractivity contribution in [2.45, 2.75) is 77.8 Å². The van der Waals surface area contributed by atoms with Crippen molar-refractivity contribution in [2.75, 3.05) is 19.6 Å². The predicted octanol–water partition coefficient (Wildman–Crippen LogP) is 7.33. The molecule has 6 rings (SSSR count). The number of ketones is 1. The maximum atomic E-state index is 13.5. The van der Waals surface area contributed by atoms with Crippen LogP contribution in [0.1, 0.15) is 91.0 Å². The second-order valence-corrected chi connectivity index (χ2v) is 11.3. The summed E-state index contributed by atoms with van der Waals surface area (Å²) in [7, 11) is 0. The lowest BCUT2D eigenvalue weighted by Crippen LogP contribution is -2.25. The highest BCUT2D eigenvalue weighted by molar-refractivity contribution is 6.12. The Balaban J connectivity index is 1.56. The largest absolute Gasteiger partial charge is 0.478 e. The van der Waals surface area contributed by atoms with Crippen LogP contribution in [0.15, 0.2) is 42.6 Å². The summed E-state index contributed by atoms with van der Waals surface area (Å²) in [6.07, 6.45) is 9.62. The van der Waals surface area contributed by atoms with Gasteiger partial charge in [-0.2, -0.15) is 0 Å². The Morgan fingerprint density at radius 3 is 2.51 bits per heavy atom. The van der Waals surface area contributed by atoms with Gasteiger partial charge in [-0.15, -0.1) is 0 Å². The maximum absolute atomic E-state index is 13.5. The fraction of sp³-hybridized carbons (Fsp3) is 0.455. The summed E-state index contributed by atoms with van der Waals surface area (Å²) in [5.41, 5.74) is 7.10. The summed E-state index contributed by atoms with van der Waals surface area (Å²) < 4.78 is 4.70. The lowest BCUT2D eigenvalue weighted by molar-refractivity contribution is 0.0696. The molecule has 6 heteroatoms. The fourth-order valence-electron chi connectivity index (χ4n) is 7.12. The van der Waals surface area contributed by atoms with Crippen molar-refractivity contribution in [2.24, 2.45) is 0 Å². The summed E-state index contributed by atoms with van der Waals surface area (Å²) in [5.74, 6) is -0.219. The van der Waals surface area contributed by atoms with Crippen molar-refractivity contribution >= 4 is 33.6 Å². The number of nitrogens with zero attached hydrogens (tertiary/aromatic N) is 3. The molecule has 1 aliphatic carbocycles. The van der Waals surface area contributed by atoms with Crippen LogP contribution < -0.4 is 0 Å². The van der Waals surface area contributed by atoms with Gasteiger partial charge in [0.25, 0.3) is 0 Å². The Hall–Kier alpha value is -3.38. The number of para-hydroxylation sites is 1. The molecular weight excluding hydrogens is 486 g/mol. The van der Waals surface area contributed by atoms with Crippen molar-refractivity contribution in [1.82, 2.24) is 14.0 Å². The SMILES string of the molecule is CCN(CC)CCC(=O)c1cn2c3c(cccc13)-c1c(C3CCCCC3)c3ccc(C(=O)O)cc3n1CCC2. The molecule has 1 fully saturated rings. The van der Waals surface area contributed by atoms with Crippen LogP contribution in [-0.2, 0) is 13.1 Å². The fourth-order valence-corrected chi connectivity index (χ4v) is 7.12. The number of rotatable bonds is 8. The molecule has 0 unspecified atom stereocenters.